The summed E-state index contributed by atoms with van der Waals surface area (Å²) in [6.07, 6.45) is 0. The molecular weight excluding hydrogens is 536 g/mol. The highest BCUT2D eigenvalue weighted by Gasteiger charge is 2.18. The van der Waals surface area contributed by atoms with Crippen LogP contribution in [0.4, 0.5) is 17.1 Å². The molecule has 4 nitrogen and oxygen atoms in total. The molecule has 3 heterocycles. The minimum absolute atomic E-state index is 0.648. The van der Waals surface area contributed by atoms with E-state index in [4.69, 9.17) is 13.8 Å². The molecule has 0 bridgehead atoms. The maximum Gasteiger partial charge on any atom is 0.227 e. The lowest BCUT2D eigenvalue weighted by Crippen LogP contribution is -2.09. The smallest absolute Gasteiger partial charge is 0.227 e. The lowest BCUT2D eigenvalue weighted by Gasteiger charge is -2.25. The summed E-state index contributed by atoms with van der Waals surface area (Å²) in [5.41, 5.74) is 7.65. The van der Waals surface area contributed by atoms with Crippen molar-refractivity contribution in [1.82, 2.24) is 4.98 Å². The quantitative estimate of drug-likeness (QED) is 0.215. The van der Waals surface area contributed by atoms with E-state index >= 15 is 0 Å². The van der Waals surface area contributed by atoms with Crippen LogP contribution in [0.15, 0.2) is 142 Å². The van der Waals surface area contributed by atoms with Gasteiger partial charge in [-0.1, -0.05) is 60.7 Å². The van der Waals surface area contributed by atoms with Gasteiger partial charge in [0.1, 0.15) is 16.7 Å². The minimum Gasteiger partial charge on any atom is -0.456 e. The number of benzene rings is 6. The van der Waals surface area contributed by atoms with Crippen LogP contribution in [0.2, 0.25) is 0 Å². The molecule has 42 heavy (non-hydrogen) atoms. The normalized spacial score (nSPS) is 11.8. The molecule has 0 amide bonds. The second-order valence-electron chi connectivity index (χ2n) is 10.4. The molecule has 0 saturated carbocycles. The van der Waals surface area contributed by atoms with Crippen molar-refractivity contribution in [3.05, 3.63) is 133 Å². The zero-order chi connectivity index (χ0) is 27.6. The number of para-hydroxylation sites is 2. The standard InChI is InChI=1S/C37H22N2O2S/c1-3-9-23(10-4-1)37-38-31-21-30-29-18-16-26(20-35(29)42-36(30)22-34(31)41-37)39(24-11-5-2-6-12-24)25-15-17-28-27-13-7-8-14-32(27)40-33(28)19-25/h1-22H. The van der Waals surface area contributed by atoms with E-state index in [2.05, 4.69) is 89.8 Å². The highest BCUT2D eigenvalue weighted by Crippen LogP contribution is 2.43. The van der Waals surface area contributed by atoms with Crippen LogP contribution in [0.3, 0.4) is 0 Å². The molecule has 6 aromatic carbocycles. The number of oxazole rings is 1. The third-order valence-electron chi connectivity index (χ3n) is 7.88. The summed E-state index contributed by atoms with van der Waals surface area (Å²) < 4.78 is 14.8. The minimum atomic E-state index is 0.648. The number of thiophene rings is 1. The number of furan rings is 1. The first kappa shape index (κ1) is 23.3. The number of rotatable bonds is 4. The van der Waals surface area contributed by atoms with Crippen LogP contribution in [0.25, 0.3) is 64.7 Å². The second kappa shape index (κ2) is 9.06. The van der Waals surface area contributed by atoms with Crippen LogP contribution < -0.4 is 4.90 Å². The highest BCUT2D eigenvalue weighted by molar-refractivity contribution is 7.25. The molecule has 0 aliphatic heterocycles. The number of aromatic nitrogens is 1. The molecule has 0 aliphatic carbocycles. The predicted molar refractivity (Wildman–Crippen MR) is 174 cm³/mol. The summed E-state index contributed by atoms with van der Waals surface area (Å²) in [5.74, 6) is 0.648. The van der Waals surface area contributed by atoms with Crippen molar-refractivity contribution in [3.8, 4) is 11.5 Å². The maximum atomic E-state index is 6.25. The van der Waals surface area contributed by atoms with Gasteiger partial charge < -0.3 is 13.7 Å². The number of anilines is 3. The molecule has 0 N–H and O–H groups in total. The second-order valence-corrected chi connectivity index (χ2v) is 11.5. The van der Waals surface area contributed by atoms with Gasteiger partial charge in [-0.05, 0) is 60.7 Å². The number of nitrogens with zero attached hydrogens (tertiary/aromatic N) is 2. The fraction of sp³-hybridized carbons (Fsp3) is 0. The van der Waals surface area contributed by atoms with Crippen molar-refractivity contribution >= 4 is 81.6 Å². The van der Waals surface area contributed by atoms with E-state index in [-0.39, 0.29) is 0 Å². The molecule has 3 aromatic heterocycles. The number of fused-ring (bicyclic) bond motifs is 7. The third-order valence-corrected chi connectivity index (χ3v) is 8.99. The van der Waals surface area contributed by atoms with Crippen LogP contribution >= 0.6 is 11.3 Å². The maximum absolute atomic E-state index is 6.25. The van der Waals surface area contributed by atoms with Crippen LogP contribution in [-0.2, 0) is 0 Å². The van der Waals surface area contributed by atoms with Crippen molar-refractivity contribution in [1.29, 1.82) is 0 Å². The van der Waals surface area contributed by atoms with E-state index in [1.807, 2.05) is 48.5 Å². The topological polar surface area (TPSA) is 42.4 Å². The van der Waals surface area contributed by atoms with Crippen molar-refractivity contribution in [2.24, 2.45) is 0 Å². The van der Waals surface area contributed by atoms with Gasteiger partial charge in [-0.15, -0.1) is 11.3 Å². The summed E-state index contributed by atoms with van der Waals surface area (Å²) in [6, 6.07) is 46.2. The van der Waals surface area contributed by atoms with E-state index in [0.717, 1.165) is 55.7 Å². The fourth-order valence-electron chi connectivity index (χ4n) is 5.91. The van der Waals surface area contributed by atoms with Crippen LogP contribution in [-0.4, -0.2) is 4.98 Å². The highest BCUT2D eigenvalue weighted by atomic mass is 32.1. The molecule has 9 rings (SSSR count). The van der Waals surface area contributed by atoms with Gasteiger partial charge in [0, 0.05) is 65.7 Å². The molecule has 0 radical (unpaired) electrons. The van der Waals surface area contributed by atoms with Gasteiger partial charge in [0.05, 0.1) is 0 Å². The third kappa shape index (κ3) is 3.64. The van der Waals surface area contributed by atoms with E-state index in [0.29, 0.717) is 5.89 Å². The molecule has 198 valence electrons. The molecule has 0 fully saturated rings. The van der Waals surface area contributed by atoms with Gasteiger partial charge in [0.2, 0.25) is 5.89 Å². The SMILES string of the molecule is c1ccc(-c2nc3cc4c(cc3o2)sc2cc(N(c3ccccc3)c3ccc5c(c3)oc3ccccc35)ccc24)cc1. The van der Waals surface area contributed by atoms with E-state index < -0.39 is 0 Å². The van der Waals surface area contributed by atoms with Gasteiger partial charge in [-0.2, -0.15) is 0 Å². The molecule has 0 aliphatic rings. The molecule has 0 spiro atoms. The van der Waals surface area contributed by atoms with Gasteiger partial charge in [-0.25, -0.2) is 4.98 Å². The molecule has 9 aromatic rings. The van der Waals surface area contributed by atoms with E-state index in [1.54, 1.807) is 11.3 Å². The first-order chi connectivity index (χ1) is 20.8. The van der Waals surface area contributed by atoms with Crippen molar-refractivity contribution < 1.29 is 8.83 Å². The lowest BCUT2D eigenvalue weighted by molar-refractivity contribution is 0.620. The molecule has 5 heteroatoms. The van der Waals surface area contributed by atoms with E-state index in [1.165, 1.54) is 20.2 Å². The monoisotopic (exact) mass is 558 g/mol. The molecular formula is C37H22N2O2S. The largest absolute Gasteiger partial charge is 0.456 e. The van der Waals surface area contributed by atoms with Crippen LogP contribution in [0.1, 0.15) is 0 Å². The average molecular weight is 559 g/mol. The Kier molecular flexibility index (Phi) is 5.03. The summed E-state index contributed by atoms with van der Waals surface area (Å²) in [4.78, 5) is 7.09. The Morgan fingerprint density at radius 1 is 0.476 bits per heavy atom. The lowest BCUT2D eigenvalue weighted by atomic mass is 10.1. The Bertz CT molecular complexity index is 2420. The summed E-state index contributed by atoms with van der Waals surface area (Å²) in [6.45, 7) is 0. The zero-order valence-corrected chi connectivity index (χ0v) is 23.1. The van der Waals surface area contributed by atoms with Gasteiger partial charge in [0.25, 0.3) is 0 Å². The van der Waals surface area contributed by atoms with Crippen LogP contribution in [0.5, 0.6) is 0 Å². The fourth-order valence-corrected chi connectivity index (χ4v) is 7.06. The van der Waals surface area contributed by atoms with E-state index in [9.17, 15) is 0 Å². The Hall–Kier alpha value is -5.39. The first-order valence-electron chi connectivity index (χ1n) is 13.9. The molecule has 0 unspecified atom stereocenters. The van der Waals surface area contributed by atoms with Crippen molar-refractivity contribution in [3.63, 3.8) is 0 Å². The van der Waals surface area contributed by atoms with Gasteiger partial charge in [0.15, 0.2) is 5.58 Å². The van der Waals surface area contributed by atoms with Crippen LogP contribution in [0, 0.1) is 0 Å². The van der Waals surface area contributed by atoms with Crippen molar-refractivity contribution in [2.45, 2.75) is 0 Å². The van der Waals surface area contributed by atoms with Gasteiger partial charge >= 0.3 is 0 Å². The molecule has 0 atom stereocenters. The Labute approximate surface area is 244 Å². The zero-order valence-electron chi connectivity index (χ0n) is 22.3. The molecule has 0 saturated heterocycles. The Morgan fingerprint density at radius 3 is 2.02 bits per heavy atom. The summed E-state index contributed by atoms with van der Waals surface area (Å²) >= 11 is 1.78. The van der Waals surface area contributed by atoms with Crippen molar-refractivity contribution in [2.75, 3.05) is 4.90 Å². The summed E-state index contributed by atoms with van der Waals surface area (Å²) in [7, 11) is 0. The predicted octanol–water partition coefficient (Wildman–Crippen LogP) is 11.2. The Morgan fingerprint density at radius 2 is 1.17 bits per heavy atom. The van der Waals surface area contributed by atoms with Gasteiger partial charge in [-0.3, -0.25) is 0 Å². The number of hydrogen-bond donors (Lipinski definition) is 0. The number of hydrogen-bond acceptors (Lipinski definition) is 5. The average Bonchev–Trinajstić information content (AvgIpc) is 3.73. The summed E-state index contributed by atoms with van der Waals surface area (Å²) in [5, 5.41) is 4.66. The first-order valence-corrected chi connectivity index (χ1v) is 14.7. The Balaban J connectivity index is 1.19.